The molecule has 3 aromatic rings. The number of aromatic nitrogens is 1. The molecule has 1 N–H and O–H groups in total. The van der Waals surface area contributed by atoms with Gasteiger partial charge in [0, 0.05) is 19.5 Å². The summed E-state index contributed by atoms with van der Waals surface area (Å²) >= 11 is 0. The van der Waals surface area contributed by atoms with Gasteiger partial charge in [-0.15, -0.1) is 0 Å². The number of aryl methyl sites for hydroxylation is 1. The van der Waals surface area contributed by atoms with Crippen LogP contribution < -0.4 is 11.1 Å². The highest BCUT2D eigenvalue weighted by atomic mass is 19.1. The number of hydrogen-bond donors (Lipinski definition) is 1. The first-order chi connectivity index (χ1) is 13.9. The number of oxazole rings is 1. The fraction of sp³-hybridized carbons (Fsp3) is 0.286. The first kappa shape index (κ1) is 20.3. The molecule has 2 aromatic carbocycles. The van der Waals surface area contributed by atoms with Gasteiger partial charge in [-0.3, -0.25) is 14.2 Å². The second-order valence-electron chi connectivity index (χ2n) is 6.57. The standard InChI is InChI=1S/C21H21FN2O5/c1-14(20(26)23-13-15-8-10-16(22)11-9-15)28-19(25)7-4-12-24-17-5-2-3-6-18(17)29-21(24)27/h2-3,5-6,8-11,14H,4,7,12-13H2,1H3,(H,23,26). The Balaban J connectivity index is 1.43. The number of fused-ring (bicyclic) bond motifs is 1. The number of esters is 1. The molecule has 1 atom stereocenters. The lowest BCUT2D eigenvalue weighted by atomic mass is 10.2. The van der Waals surface area contributed by atoms with Gasteiger partial charge in [0.1, 0.15) is 5.82 Å². The zero-order valence-electron chi connectivity index (χ0n) is 15.9. The zero-order chi connectivity index (χ0) is 20.8. The van der Waals surface area contributed by atoms with Gasteiger partial charge in [0.25, 0.3) is 5.91 Å². The number of rotatable bonds is 8. The molecule has 0 saturated heterocycles. The average molecular weight is 400 g/mol. The summed E-state index contributed by atoms with van der Waals surface area (Å²) in [5.74, 6) is -1.81. The molecule has 8 heteroatoms. The minimum atomic E-state index is -0.958. The van der Waals surface area contributed by atoms with Crippen molar-refractivity contribution >= 4 is 23.0 Å². The van der Waals surface area contributed by atoms with E-state index < -0.39 is 23.7 Å². The van der Waals surface area contributed by atoms with Crippen molar-refractivity contribution in [3.63, 3.8) is 0 Å². The molecule has 1 unspecified atom stereocenters. The summed E-state index contributed by atoms with van der Waals surface area (Å²) in [4.78, 5) is 35.9. The molecule has 0 saturated carbocycles. The van der Waals surface area contributed by atoms with Crippen molar-refractivity contribution < 1.29 is 23.1 Å². The number of carbonyl (C=O) groups excluding carboxylic acids is 2. The molecule has 0 aliphatic carbocycles. The number of para-hydroxylation sites is 2. The quantitative estimate of drug-likeness (QED) is 0.587. The molecule has 0 bridgehead atoms. The first-order valence-electron chi connectivity index (χ1n) is 9.24. The second kappa shape index (κ2) is 9.18. The van der Waals surface area contributed by atoms with E-state index in [0.29, 0.717) is 24.1 Å². The minimum absolute atomic E-state index is 0.0571. The number of carbonyl (C=O) groups is 2. The Bertz CT molecular complexity index is 1050. The highest BCUT2D eigenvalue weighted by Crippen LogP contribution is 2.12. The van der Waals surface area contributed by atoms with E-state index in [4.69, 9.17) is 9.15 Å². The van der Waals surface area contributed by atoms with E-state index in [1.54, 1.807) is 36.4 Å². The van der Waals surface area contributed by atoms with Crippen LogP contribution in [0.2, 0.25) is 0 Å². The van der Waals surface area contributed by atoms with Crippen LogP contribution in [-0.4, -0.2) is 22.5 Å². The van der Waals surface area contributed by atoms with Crippen LogP contribution in [-0.2, 0) is 27.4 Å². The van der Waals surface area contributed by atoms with Crippen molar-refractivity contribution in [1.29, 1.82) is 0 Å². The number of nitrogens with zero attached hydrogens (tertiary/aromatic N) is 1. The van der Waals surface area contributed by atoms with Gasteiger partial charge in [0.15, 0.2) is 11.7 Å². The van der Waals surface area contributed by atoms with E-state index in [9.17, 15) is 18.8 Å². The van der Waals surface area contributed by atoms with Gasteiger partial charge in [-0.25, -0.2) is 9.18 Å². The Kier molecular flexibility index (Phi) is 6.43. The zero-order valence-corrected chi connectivity index (χ0v) is 15.9. The van der Waals surface area contributed by atoms with Gasteiger partial charge in [0.05, 0.1) is 5.52 Å². The van der Waals surface area contributed by atoms with Gasteiger partial charge in [0.2, 0.25) is 0 Å². The minimum Gasteiger partial charge on any atom is -0.453 e. The summed E-state index contributed by atoms with van der Waals surface area (Å²) in [6.45, 7) is 1.99. The van der Waals surface area contributed by atoms with E-state index in [-0.39, 0.29) is 18.8 Å². The van der Waals surface area contributed by atoms with Crippen LogP contribution >= 0.6 is 0 Å². The maximum Gasteiger partial charge on any atom is 0.419 e. The molecule has 1 amide bonds. The molecule has 1 heterocycles. The third-order valence-electron chi connectivity index (χ3n) is 4.39. The van der Waals surface area contributed by atoms with Crippen molar-refractivity contribution in [2.24, 2.45) is 0 Å². The second-order valence-corrected chi connectivity index (χ2v) is 6.57. The molecule has 0 aliphatic rings. The molecule has 0 spiro atoms. The Morgan fingerprint density at radius 3 is 2.66 bits per heavy atom. The summed E-state index contributed by atoms with van der Waals surface area (Å²) in [5.41, 5.74) is 1.89. The SMILES string of the molecule is CC(OC(=O)CCCn1c(=O)oc2ccccc21)C(=O)NCc1ccc(F)cc1. The molecular formula is C21H21FN2O5. The fourth-order valence-corrected chi connectivity index (χ4v) is 2.85. The fourth-order valence-electron chi connectivity index (χ4n) is 2.85. The molecule has 0 fully saturated rings. The summed E-state index contributed by atoms with van der Waals surface area (Å²) in [6.07, 6.45) is -0.534. The first-order valence-corrected chi connectivity index (χ1v) is 9.24. The van der Waals surface area contributed by atoms with Crippen molar-refractivity contribution in [2.45, 2.75) is 39.0 Å². The molecule has 1 aromatic heterocycles. The number of halogens is 1. The molecule has 0 radical (unpaired) electrons. The van der Waals surface area contributed by atoms with Crippen LogP contribution in [0.15, 0.2) is 57.7 Å². The van der Waals surface area contributed by atoms with Crippen molar-refractivity contribution in [3.05, 3.63) is 70.5 Å². The lowest BCUT2D eigenvalue weighted by Gasteiger charge is -2.13. The van der Waals surface area contributed by atoms with Crippen LogP contribution in [0, 0.1) is 5.82 Å². The van der Waals surface area contributed by atoms with Crippen LogP contribution in [0.5, 0.6) is 0 Å². The van der Waals surface area contributed by atoms with Gasteiger partial charge in [-0.2, -0.15) is 0 Å². The topological polar surface area (TPSA) is 90.5 Å². The number of amides is 1. The van der Waals surface area contributed by atoms with E-state index in [1.165, 1.54) is 23.6 Å². The Hall–Kier alpha value is -3.42. The molecule has 152 valence electrons. The smallest absolute Gasteiger partial charge is 0.419 e. The number of nitrogens with one attached hydrogen (secondary N) is 1. The van der Waals surface area contributed by atoms with Crippen LogP contribution in [0.1, 0.15) is 25.3 Å². The summed E-state index contributed by atoms with van der Waals surface area (Å²) in [7, 11) is 0. The van der Waals surface area contributed by atoms with Crippen LogP contribution in [0.3, 0.4) is 0 Å². The molecular weight excluding hydrogens is 379 g/mol. The highest BCUT2D eigenvalue weighted by molar-refractivity contribution is 5.83. The molecule has 29 heavy (non-hydrogen) atoms. The summed E-state index contributed by atoms with van der Waals surface area (Å²) in [6, 6.07) is 12.8. The third-order valence-corrected chi connectivity index (χ3v) is 4.39. The number of hydrogen-bond acceptors (Lipinski definition) is 5. The average Bonchev–Trinajstić information content (AvgIpc) is 3.02. The van der Waals surface area contributed by atoms with Gasteiger partial charge < -0.3 is 14.5 Å². The lowest BCUT2D eigenvalue weighted by Crippen LogP contribution is -2.35. The normalized spacial score (nSPS) is 11.9. The largest absolute Gasteiger partial charge is 0.453 e. The van der Waals surface area contributed by atoms with Crippen molar-refractivity contribution in [2.75, 3.05) is 0 Å². The Morgan fingerprint density at radius 2 is 1.90 bits per heavy atom. The highest BCUT2D eigenvalue weighted by Gasteiger charge is 2.17. The van der Waals surface area contributed by atoms with Crippen LogP contribution in [0.25, 0.3) is 11.1 Å². The Morgan fingerprint density at radius 1 is 1.17 bits per heavy atom. The summed E-state index contributed by atoms with van der Waals surface area (Å²) < 4.78 is 24.6. The van der Waals surface area contributed by atoms with E-state index in [2.05, 4.69) is 5.32 Å². The lowest BCUT2D eigenvalue weighted by molar-refractivity contribution is -0.155. The third kappa shape index (κ3) is 5.31. The van der Waals surface area contributed by atoms with Gasteiger partial charge in [-0.05, 0) is 43.2 Å². The number of benzene rings is 2. The molecule has 7 nitrogen and oxygen atoms in total. The number of ether oxygens (including phenoxy) is 1. The Labute approximate surface area is 166 Å². The van der Waals surface area contributed by atoms with Gasteiger partial charge in [-0.1, -0.05) is 24.3 Å². The maximum absolute atomic E-state index is 12.9. The predicted molar refractivity (Wildman–Crippen MR) is 104 cm³/mol. The van der Waals surface area contributed by atoms with E-state index >= 15 is 0 Å². The van der Waals surface area contributed by atoms with E-state index in [1.807, 2.05) is 0 Å². The van der Waals surface area contributed by atoms with Crippen molar-refractivity contribution in [1.82, 2.24) is 9.88 Å². The van der Waals surface area contributed by atoms with Crippen molar-refractivity contribution in [3.8, 4) is 0 Å². The monoisotopic (exact) mass is 400 g/mol. The molecule has 0 aliphatic heterocycles. The summed E-state index contributed by atoms with van der Waals surface area (Å²) in [5, 5.41) is 2.63. The molecule has 3 rings (SSSR count). The van der Waals surface area contributed by atoms with E-state index in [0.717, 1.165) is 5.56 Å². The predicted octanol–water partition coefficient (Wildman–Crippen LogP) is 2.76. The van der Waals surface area contributed by atoms with Gasteiger partial charge >= 0.3 is 11.7 Å². The van der Waals surface area contributed by atoms with Crippen LogP contribution in [0.4, 0.5) is 4.39 Å². The maximum atomic E-state index is 12.9.